The number of carbonyl (C=O) groups is 2. The molecule has 1 aromatic rings. The molecule has 0 radical (unpaired) electrons. The molecule has 8 heteroatoms. The summed E-state index contributed by atoms with van der Waals surface area (Å²) in [7, 11) is 1.56. The Morgan fingerprint density at radius 1 is 1.22 bits per heavy atom. The van der Waals surface area contributed by atoms with Crippen LogP contribution in [0.5, 0.6) is 5.75 Å². The lowest BCUT2D eigenvalue weighted by Crippen LogP contribution is -2.72. The molecular weight excluding hydrogens is 412 g/mol. The average molecular weight is 443 g/mol. The predicted octanol–water partition coefficient (Wildman–Crippen LogP) is 3.58. The molecule has 0 aromatic heterocycles. The first-order valence-electron chi connectivity index (χ1n) is 11.4. The summed E-state index contributed by atoms with van der Waals surface area (Å²) in [6.45, 7) is 8.58. The van der Waals surface area contributed by atoms with Crippen molar-refractivity contribution in [2.24, 2.45) is 22.7 Å². The molecule has 32 heavy (non-hydrogen) atoms. The number of ketones is 1. The topological polar surface area (TPSA) is 108 Å². The maximum absolute atomic E-state index is 13.3. The molecule has 1 spiro atoms. The fourth-order valence-electron chi connectivity index (χ4n) is 7.18. The molecule has 2 aliphatic carbocycles. The zero-order chi connectivity index (χ0) is 23.2. The Labute approximate surface area is 187 Å². The van der Waals surface area contributed by atoms with E-state index in [4.69, 9.17) is 9.47 Å². The summed E-state index contributed by atoms with van der Waals surface area (Å²) in [5.74, 6) is 0.416. The number of hydrogen-bond acceptors (Lipinski definition) is 6. The Hall–Kier alpha value is -2.48. The minimum absolute atomic E-state index is 0.0526. The fourth-order valence-corrected chi connectivity index (χ4v) is 7.18. The highest BCUT2D eigenvalue weighted by Crippen LogP contribution is 2.66. The lowest BCUT2D eigenvalue weighted by Gasteiger charge is -2.66. The minimum atomic E-state index is -0.718. The summed E-state index contributed by atoms with van der Waals surface area (Å²) >= 11 is 0. The summed E-state index contributed by atoms with van der Waals surface area (Å²) < 4.78 is 12.6. The van der Waals surface area contributed by atoms with Crippen molar-refractivity contribution in [3.05, 3.63) is 32.9 Å². The maximum atomic E-state index is 13.3. The van der Waals surface area contributed by atoms with E-state index in [1.807, 2.05) is 13.8 Å². The number of nitro groups is 1. The standard InChI is InChI=1S/C24H30N2O6/c1-12-6-7-18-22(2,3)20(27)17(31-5)10-24(18)23(12,4)9-14-16(26(29)30)8-13-15(19(14)32-24)11-25-21(13)28/h8,12,17-18H,6-7,9-11H2,1-5H3,(H,25,28)/t12-,17+,18-,23+,24-/m0/s1. The van der Waals surface area contributed by atoms with Crippen LogP contribution in [0.25, 0.3) is 0 Å². The van der Waals surface area contributed by atoms with E-state index in [0.717, 1.165) is 12.8 Å². The van der Waals surface area contributed by atoms with Crippen molar-refractivity contribution in [1.29, 1.82) is 0 Å². The van der Waals surface area contributed by atoms with Gasteiger partial charge < -0.3 is 14.8 Å². The summed E-state index contributed by atoms with van der Waals surface area (Å²) in [5.41, 5.74) is -0.296. The summed E-state index contributed by atoms with van der Waals surface area (Å²) in [5, 5.41) is 14.8. The second kappa shape index (κ2) is 6.53. The predicted molar refractivity (Wildman–Crippen MR) is 116 cm³/mol. The highest BCUT2D eigenvalue weighted by Gasteiger charge is 2.70. The average Bonchev–Trinajstić information content (AvgIpc) is 3.10. The van der Waals surface area contributed by atoms with Gasteiger partial charge in [-0.05, 0) is 25.2 Å². The van der Waals surface area contributed by atoms with Crippen molar-refractivity contribution >= 4 is 17.4 Å². The number of amides is 1. The van der Waals surface area contributed by atoms with Gasteiger partial charge in [0.1, 0.15) is 17.5 Å². The van der Waals surface area contributed by atoms with Gasteiger partial charge in [0.2, 0.25) is 0 Å². The maximum Gasteiger partial charge on any atom is 0.277 e. The van der Waals surface area contributed by atoms with Crippen LogP contribution >= 0.6 is 0 Å². The third-order valence-electron chi connectivity index (χ3n) is 9.24. The number of rotatable bonds is 2. The molecule has 2 aliphatic heterocycles. The Morgan fingerprint density at radius 3 is 2.59 bits per heavy atom. The molecule has 0 unspecified atom stereocenters. The van der Waals surface area contributed by atoms with Crippen LogP contribution in [0.3, 0.4) is 0 Å². The first kappa shape index (κ1) is 21.4. The van der Waals surface area contributed by atoms with Crippen molar-refractivity contribution < 1.29 is 24.0 Å². The second-order valence-electron chi connectivity index (χ2n) is 10.8. The van der Waals surface area contributed by atoms with Gasteiger partial charge in [-0.25, -0.2) is 0 Å². The van der Waals surface area contributed by atoms with Crippen LogP contribution in [0.2, 0.25) is 0 Å². The van der Waals surface area contributed by atoms with Crippen LogP contribution in [0.4, 0.5) is 5.69 Å². The van der Waals surface area contributed by atoms with Crippen molar-refractivity contribution in [1.82, 2.24) is 5.32 Å². The Balaban J connectivity index is 1.78. The summed E-state index contributed by atoms with van der Waals surface area (Å²) in [6, 6.07) is 1.40. The van der Waals surface area contributed by atoms with Crippen molar-refractivity contribution in [2.45, 2.75) is 71.6 Å². The number of nitro benzene ring substituents is 1. The van der Waals surface area contributed by atoms with E-state index in [9.17, 15) is 19.7 Å². The van der Waals surface area contributed by atoms with Crippen LogP contribution in [0, 0.1) is 32.8 Å². The van der Waals surface area contributed by atoms with E-state index in [1.54, 1.807) is 7.11 Å². The van der Waals surface area contributed by atoms with E-state index in [2.05, 4.69) is 19.2 Å². The molecular formula is C24H30N2O6. The Bertz CT molecular complexity index is 1070. The molecule has 1 N–H and O–H groups in total. The second-order valence-corrected chi connectivity index (χ2v) is 10.8. The lowest BCUT2D eigenvalue weighted by atomic mass is 9.43. The van der Waals surface area contributed by atoms with Crippen molar-refractivity contribution in [3.8, 4) is 5.75 Å². The molecule has 1 amide bonds. The van der Waals surface area contributed by atoms with Crippen LogP contribution in [-0.4, -0.2) is 35.4 Å². The summed E-state index contributed by atoms with van der Waals surface area (Å²) in [4.78, 5) is 37.3. The van der Waals surface area contributed by atoms with Crippen LogP contribution in [0.1, 0.15) is 68.4 Å². The SMILES string of the molecule is CO[C@@H]1C[C@@]23Oc4c5c(cc([N+](=O)[O-])c4C[C@]2(C)[C@@H](C)CC[C@H]3C(C)(C)C1=O)C(=O)NC5. The van der Waals surface area contributed by atoms with Crippen molar-refractivity contribution in [2.75, 3.05) is 7.11 Å². The number of ether oxygens (including phenoxy) is 2. The first-order chi connectivity index (χ1) is 15.0. The molecule has 2 saturated carbocycles. The third kappa shape index (κ3) is 2.42. The van der Waals surface area contributed by atoms with E-state index in [-0.39, 0.29) is 35.8 Å². The van der Waals surface area contributed by atoms with Crippen LogP contribution in [0.15, 0.2) is 6.07 Å². The third-order valence-corrected chi connectivity index (χ3v) is 9.24. The van der Waals surface area contributed by atoms with Crippen LogP contribution < -0.4 is 10.1 Å². The van der Waals surface area contributed by atoms with Gasteiger partial charge in [0.05, 0.1) is 16.1 Å². The fraction of sp³-hybridized carbons (Fsp3) is 0.667. The van der Waals surface area contributed by atoms with Gasteiger partial charge in [0.15, 0.2) is 5.78 Å². The Kier molecular flexibility index (Phi) is 4.36. The number of nitrogens with one attached hydrogen (secondary N) is 1. The smallest absolute Gasteiger partial charge is 0.277 e. The van der Waals surface area contributed by atoms with Gasteiger partial charge in [-0.1, -0.05) is 27.7 Å². The highest BCUT2D eigenvalue weighted by molar-refractivity contribution is 6.00. The van der Waals surface area contributed by atoms with Gasteiger partial charge in [-0.2, -0.15) is 0 Å². The number of carbonyl (C=O) groups excluding carboxylic acids is 2. The van der Waals surface area contributed by atoms with Gasteiger partial charge >= 0.3 is 0 Å². The molecule has 5 atom stereocenters. The number of Topliss-reactive ketones (excluding diaryl/α,β-unsaturated/α-hetero) is 1. The van der Waals surface area contributed by atoms with E-state index >= 15 is 0 Å². The molecule has 2 fully saturated rings. The number of methoxy groups -OCH3 is 1. The minimum Gasteiger partial charge on any atom is -0.485 e. The van der Waals surface area contributed by atoms with E-state index in [0.29, 0.717) is 35.3 Å². The van der Waals surface area contributed by atoms with E-state index in [1.165, 1.54) is 6.07 Å². The number of benzene rings is 1. The van der Waals surface area contributed by atoms with Gasteiger partial charge in [-0.15, -0.1) is 0 Å². The van der Waals surface area contributed by atoms with Gasteiger partial charge in [0.25, 0.3) is 11.6 Å². The van der Waals surface area contributed by atoms with Crippen LogP contribution in [-0.2, 0) is 22.5 Å². The quantitative estimate of drug-likeness (QED) is 0.554. The summed E-state index contributed by atoms with van der Waals surface area (Å²) in [6.07, 6.45) is 2.05. The zero-order valence-electron chi connectivity index (χ0n) is 19.2. The number of nitrogens with zero attached hydrogens (tertiary/aromatic N) is 1. The largest absolute Gasteiger partial charge is 0.485 e. The molecule has 172 valence electrons. The van der Waals surface area contributed by atoms with Gasteiger partial charge in [-0.3, -0.25) is 19.7 Å². The zero-order valence-corrected chi connectivity index (χ0v) is 19.2. The van der Waals surface area contributed by atoms with E-state index < -0.39 is 27.5 Å². The number of fused-ring (bicyclic) bond motifs is 3. The molecule has 4 aliphatic rings. The normalized spacial score (nSPS) is 36.8. The van der Waals surface area contributed by atoms with Crippen molar-refractivity contribution in [3.63, 3.8) is 0 Å². The molecule has 0 bridgehead atoms. The molecule has 8 nitrogen and oxygen atoms in total. The molecule has 5 rings (SSSR count). The van der Waals surface area contributed by atoms with Gasteiger partial charge in [0, 0.05) is 48.5 Å². The molecule has 1 aromatic carbocycles. The first-order valence-corrected chi connectivity index (χ1v) is 11.4. The Morgan fingerprint density at radius 2 is 1.94 bits per heavy atom. The monoisotopic (exact) mass is 442 g/mol. The number of hydrogen-bond donors (Lipinski definition) is 1. The molecule has 2 heterocycles. The molecule has 0 saturated heterocycles. The highest BCUT2D eigenvalue weighted by atomic mass is 16.6. The lowest BCUT2D eigenvalue weighted by molar-refractivity contribution is -0.386.